The van der Waals surface area contributed by atoms with Crippen molar-refractivity contribution in [3.05, 3.63) is 29.3 Å². The lowest BCUT2D eigenvalue weighted by molar-refractivity contribution is -0.121. The van der Waals surface area contributed by atoms with E-state index in [1.165, 1.54) is 0 Å². The van der Waals surface area contributed by atoms with Crippen LogP contribution in [0.15, 0.2) is 18.2 Å². The van der Waals surface area contributed by atoms with Crippen LogP contribution in [0.25, 0.3) is 0 Å². The molecule has 0 radical (unpaired) electrons. The number of anilines is 1. The molecule has 0 saturated heterocycles. The van der Waals surface area contributed by atoms with Crippen LogP contribution in [0, 0.1) is 5.92 Å². The highest BCUT2D eigenvalue weighted by atomic mass is 16.2. The van der Waals surface area contributed by atoms with Crippen molar-refractivity contribution < 1.29 is 4.79 Å². The van der Waals surface area contributed by atoms with E-state index >= 15 is 0 Å². The molecule has 0 spiro atoms. The largest absolute Gasteiger partial charge is 0.324 e. The number of hydrogen-bond acceptors (Lipinski definition) is 2. The van der Waals surface area contributed by atoms with E-state index in [-0.39, 0.29) is 11.9 Å². The monoisotopic (exact) mass is 246 g/mol. The van der Waals surface area contributed by atoms with Gasteiger partial charge in [-0.25, -0.2) is 0 Å². The molecule has 3 heteroatoms. The van der Waals surface area contributed by atoms with Crippen molar-refractivity contribution in [1.29, 1.82) is 0 Å². The molecule has 1 atom stereocenters. The number of carbonyl (C=O) groups is 1. The molecule has 0 fully saturated rings. The molecule has 1 aromatic carbocycles. The average Bonchev–Trinajstić information content (AvgIpc) is 2.50. The molecule has 18 heavy (non-hydrogen) atoms. The number of benzene rings is 1. The minimum Gasteiger partial charge on any atom is -0.324 e. The van der Waals surface area contributed by atoms with Crippen LogP contribution in [0.5, 0.6) is 0 Å². The van der Waals surface area contributed by atoms with Gasteiger partial charge in [0, 0.05) is 18.8 Å². The second-order valence-corrected chi connectivity index (χ2v) is 6.04. The molecule has 1 amide bonds. The minimum absolute atomic E-state index is 0.0205. The molecule has 0 aromatic heterocycles. The maximum absolute atomic E-state index is 12.2. The van der Waals surface area contributed by atoms with Crippen molar-refractivity contribution >= 4 is 11.6 Å². The molecule has 2 N–H and O–H groups in total. The molecule has 98 valence electrons. The average molecular weight is 246 g/mol. The normalized spacial score (nSPS) is 19.3. The zero-order chi connectivity index (χ0) is 13.7. The summed E-state index contributed by atoms with van der Waals surface area (Å²) in [4.78, 5) is 13.9. The predicted molar refractivity (Wildman–Crippen MR) is 74.6 cm³/mol. The van der Waals surface area contributed by atoms with E-state index in [1.54, 1.807) is 4.90 Å². The molecular formula is C15H22N2O. The third-order valence-corrected chi connectivity index (χ3v) is 4.00. The summed E-state index contributed by atoms with van der Waals surface area (Å²) in [6.45, 7) is 8.17. The fraction of sp³-hybridized carbons (Fsp3) is 0.533. The standard InChI is InChI=1S/C15H22N2O/c1-9(2)13(16)10-6-7-12-11(8-10)15(3,4)14(18)17(12)5/h6-9,13H,16H2,1-5H3. The van der Waals surface area contributed by atoms with E-state index in [1.807, 2.05) is 33.0 Å². The topological polar surface area (TPSA) is 46.3 Å². The Kier molecular flexibility index (Phi) is 2.98. The Morgan fingerprint density at radius 2 is 1.89 bits per heavy atom. The van der Waals surface area contributed by atoms with Crippen molar-refractivity contribution in [2.45, 2.75) is 39.2 Å². The number of rotatable bonds is 2. The highest BCUT2D eigenvalue weighted by Gasteiger charge is 2.42. The first kappa shape index (κ1) is 13.1. The van der Waals surface area contributed by atoms with Crippen molar-refractivity contribution in [3.8, 4) is 0 Å². The minimum atomic E-state index is -0.448. The highest BCUT2D eigenvalue weighted by molar-refractivity contribution is 6.07. The van der Waals surface area contributed by atoms with Crippen LogP contribution in [0.1, 0.15) is 44.9 Å². The first-order chi connectivity index (χ1) is 8.26. The van der Waals surface area contributed by atoms with Crippen LogP contribution < -0.4 is 10.6 Å². The van der Waals surface area contributed by atoms with E-state index < -0.39 is 5.41 Å². The molecule has 0 saturated carbocycles. The van der Waals surface area contributed by atoms with Gasteiger partial charge in [-0.3, -0.25) is 4.79 Å². The third kappa shape index (κ3) is 1.74. The van der Waals surface area contributed by atoms with E-state index in [4.69, 9.17) is 5.73 Å². The number of nitrogens with zero attached hydrogens (tertiary/aromatic N) is 1. The van der Waals surface area contributed by atoms with Crippen LogP contribution in [-0.2, 0) is 10.2 Å². The number of carbonyl (C=O) groups excluding carboxylic acids is 1. The molecule has 1 aliphatic rings. The summed E-state index contributed by atoms with van der Waals surface area (Å²) in [6, 6.07) is 6.17. The smallest absolute Gasteiger partial charge is 0.236 e. The second kappa shape index (κ2) is 4.09. The Labute approximate surface area is 109 Å². The number of hydrogen-bond donors (Lipinski definition) is 1. The highest BCUT2D eigenvalue weighted by Crippen LogP contribution is 2.41. The zero-order valence-corrected chi connectivity index (χ0v) is 11.8. The molecular weight excluding hydrogens is 224 g/mol. The molecule has 0 aliphatic carbocycles. The Hall–Kier alpha value is -1.35. The van der Waals surface area contributed by atoms with E-state index in [9.17, 15) is 4.79 Å². The van der Waals surface area contributed by atoms with Crippen molar-refractivity contribution in [2.24, 2.45) is 11.7 Å². The predicted octanol–water partition coefficient (Wildman–Crippen LogP) is 2.60. The maximum atomic E-state index is 12.2. The fourth-order valence-corrected chi connectivity index (χ4v) is 2.58. The Balaban J connectivity index is 2.52. The maximum Gasteiger partial charge on any atom is 0.236 e. The van der Waals surface area contributed by atoms with Gasteiger partial charge in [0.05, 0.1) is 5.41 Å². The SMILES string of the molecule is CC(C)C(N)c1ccc2c(c1)C(C)(C)C(=O)N2C. The van der Waals surface area contributed by atoms with Gasteiger partial charge in [0.2, 0.25) is 5.91 Å². The summed E-state index contributed by atoms with van der Waals surface area (Å²) in [7, 11) is 1.83. The fourth-order valence-electron chi connectivity index (χ4n) is 2.58. The van der Waals surface area contributed by atoms with Gasteiger partial charge in [-0.05, 0) is 37.0 Å². The summed E-state index contributed by atoms with van der Waals surface area (Å²) in [5.41, 5.74) is 8.95. The lowest BCUT2D eigenvalue weighted by Crippen LogP contribution is -2.33. The zero-order valence-electron chi connectivity index (χ0n) is 11.8. The van der Waals surface area contributed by atoms with Crippen LogP contribution in [0.3, 0.4) is 0 Å². The first-order valence-corrected chi connectivity index (χ1v) is 6.45. The lowest BCUT2D eigenvalue weighted by Gasteiger charge is -2.20. The molecule has 1 aliphatic heterocycles. The number of likely N-dealkylation sites (N-methyl/N-ethyl adjacent to an activating group) is 1. The summed E-state index contributed by atoms with van der Waals surface area (Å²) < 4.78 is 0. The van der Waals surface area contributed by atoms with Gasteiger partial charge in [0.15, 0.2) is 0 Å². The molecule has 2 rings (SSSR count). The van der Waals surface area contributed by atoms with Gasteiger partial charge in [0.1, 0.15) is 0 Å². The van der Waals surface area contributed by atoms with Gasteiger partial charge in [-0.1, -0.05) is 26.0 Å². The number of amides is 1. The Morgan fingerprint density at radius 3 is 2.44 bits per heavy atom. The van der Waals surface area contributed by atoms with Gasteiger partial charge >= 0.3 is 0 Å². The number of fused-ring (bicyclic) bond motifs is 1. The molecule has 1 unspecified atom stereocenters. The quantitative estimate of drug-likeness (QED) is 0.872. The molecule has 0 bridgehead atoms. The summed E-state index contributed by atoms with van der Waals surface area (Å²) in [6.07, 6.45) is 0. The van der Waals surface area contributed by atoms with Gasteiger partial charge in [-0.2, -0.15) is 0 Å². The van der Waals surface area contributed by atoms with Crippen LogP contribution in [-0.4, -0.2) is 13.0 Å². The van der Waals surface area contributed by atoms with Crippen molar-refractivity contribution in [2.75, 3.05) is 11.9 Å². The van der Waals surface area contributed by atoms with Crippen molar-refractivity contribution in [1.82, 2.24) is 0 Å². The summed E-state index contributed by atoms with van der Waals surface area (Å²) >= 11 is 0. The van der Waals surface area contributed by atoms with E-state index in [0.29, 0.717) is 5.92 Å². The second-order valence-electron chi connectivity index (χ2n) is 6.04. The van der Waals surface area contributed by atoms with Gasteiger partial charge < -0.3 is 10.6 Å². The molecule has 3 nitrogen and oxygen atoms in total. The number of nitrogens with two attached hydrogens (primary N) is 1. The van der Waals surface area contributed by atoms with E-state index in [2.05, 4.69) is 19.9 Å². The van der Waals surface area contributed by atoms with Crippen LogP contribution in [0.2, 0.25) is 0 Å². The van der Waals surface area contributed by atoms with Crippen molar-refractivity contribution in [3.63, 3.8) is 0 Å². The first-order valence-electron chi connectivity index (χ1n) is 6.45. The van der Waals surface area contributed by atoms with Gasteiger partial charge in [0.25, 0.3) is 0 Å². The summed E-state index contributed by atoms with van der Waals surface area (Å²) in [5.74, 6) is 0.536. The Morgan fingerprint density at radius 1 is 1.28 bits per heavy atom. The van der Waals surface area contributed by atoms with Crippen LogP contribution in [0.4, 0.5) is 5.69 Å². The van der Waals surface area contributed by atoms with Crippen LogP contribution >= 0.6 is 0 Å². The van der Waals surface area contributed by atoms with Gasteiger partial charge in [-0.15, -0.1) is 0 Å². The third-order valence-electron chi connectivity index (χ3n) is 4.00. The molecule has 1 heterocycles. The molecule has 1 aromatic rings. The Bertz CT molecular complexity index is 491. The van der Waals surface area contributed by atoms with E-state index in [0.717, 1.165) is 16.8 Å². The summed E-state index contributed by atoms with van der Waals surface area (Å²) in [5, 5.41) is 0. The lowest BCUT2D eigenvalue weighted by atomic mass is 9.84.